The third-order valence-corrected chi connectivity index (χ3v) is 1.57. The van der Waals surface area contributed by atoms with Crippen LogP contribution in [0.5, 0.6) is 5.75 Å². The van der Waals surface area contributed by atoms with Gasteiger partial charge in [0.2, 0.25) is 5.96 Å². The Labute approximate surface area is 99.9 Å². The monoisotopic (exact) mass is 261 g/mol. The molecular formula is C9H10F3N5O. The largest absolute Gasteiger partial charge is 0.435 e. The van der Waals surface area contributed by atoms with E-state index in [4.69, 9.17) is 17.2 Å². The lowest BCUT2D eigenvalue weighted by molar-refractivity contribution is -0.0499. The molecule has 0 aliphatic rings. The number of nitrogens with two attached hydrogens (primary N) is 3. The number of alkyl halides is 2. The number of hydrogen-bond donors (Lipinski definition) is 3. The van der Waals surface area contributed by atoms with Crippen LogP contribution in [0.15, 0.2) is 28.2 Å². The Bertz CT molecular complexity index is 485. The third kappa shape index (κ3) is 4.60. The summed E-state index contributed by atoms with van der Waals surface area (Å²) in [5.41, 5.74) is 15.3. The maximum atomic E-state index is 13.1. The van der Waals surface area contributed by atoms with Gasteiger partial charge in [0.05, 0.1) is 5.69 Å². The van der Waals surface area contributed by atoms with E-state index in [0.717, 1.165) is 18.2 Å². The van der Waals surface area contributed by atoms with Crippen molar-refractivity contribution < 1.29 is 17.9 Å². The summed E-state index contributed by atoms with van der Waals surface area (Å²) in [7, 11) is 0. The van der Waals surface area contributed by atoms with Crippen molar-refractivity contribution in [1.29, 1.82) is 0 Å². The molecule has 18 heavy (non-hydrogen) atoms. The average Bonchev–Trinajstić information content (AvgIpc) is 2.12. The van der Waals surface area contributed by atoms with Gasteiger partial charge in [-0.1, -0.05) is 0 Å². The second-order valence-corrected chi connectivity index (χ2v) is 3.03. The molecular weight excluding hydrogens is 251 g/mol. The van der Waals surface area contributed by atoms with E-state index in [9.17, 15) is 13.2 Å². The Morgan fingerprint density at radius 1 is 1.17 bits per heavy atom. The van der Waals surface area contributed by atoms with Gasteiger partial charge in [0.15, 0.2) is 5.96 Å². The molecule has 0 amide bonds. The molecule has 0 heterocycles. The maximum Gasteiger partial charge on any atom is 0.387 e. The van der Waals surface area contributed by atoms with Crippen LogP contribution in [0, 0.1) is 5.82 Å². The molecule has 0 saturated carbocycles. The van der Waals surface area contributed by atoms with E-state index in [1.807, 2.05) is 0 Å². The van der Waals surface area contributed by atoms with Gasteiger partial charge in [0.1, 0.15) is 11.6 Å². The van der Waals surface area contributed by atoms with Crippen molar-refractivity contribution in [1.82, 2.24) is 0 Å². The number of aliphatic imine (C=N–C) groups is 2. The van der Waals surface area contributed by atoms with E-state index < -0.39 is 12.4 Å². The van der Waals surface area contributed by atoms with Crippen molar-refractivity contribution in [2.24, 2.45) is 27.2 Å². The zero-order valence-corrected chi connectivity index (χ0v) is 8.98. The van der Waals surface area contributed by atoms with Gasteiger partial charge in [-0.25, -0.2) is 9.38 Å². The minimum atomic E-state index is -3.07. The molecule has 0 unspecified atom stereocenters. The van der Waals surface area contributed by atoms with Gasteiger partial charge in [0, 0.05) is 12.1 Å². The highest BCUT2D eigenvalue weighted by Gasteiger charge is 2.07. The zero-order chi connectivity index (χ0) is 13.7. The highest BCUT2D eigenvalue weighted by atomic mass is 19.3. The first kappa shape index (κ1) is 13.6. The molecule has 0 aliphatic heterocycles. The van der Waals surface area contributed by atoms with Gasteiger partial charge in [-0.2, -0.15) is 13.8 Å². The summed E-state index contributed by atoms with van der Waals surface area (Å²) in [4.78, 5) is 6.99. The highest BCUT2D eigenvalue weighted by molar-refractivity contribution is 5.93. The molecule has 0 atom stereocenters. The summed E-state index contributed by atoms with van der Waals surface area (Å²) >= 11 is 0. The molecule has 0 aliphatic carbocycles. The summed E-state index contributed by atoms with van der Waals surface area (Å²) in [5.74, 6) is -1.88. The van der Waals surface area contributed by atoms with Gasteiger partial charge >= 0.3 is 6.61 Å². The first-order chi connectivity index (χ1) is 8.36. The molecule has 1 aromatic carbocycles. The lowest BCUT2D eigenvalue weighted by atomic mass is 10.3. The number of hydrogen-bond acceptors (Lipinski definition) is 2. The van der Waals surface area contributed by atoms with Gasteiger partial charge < -0.3 is 21.9 Å². The zero-order valence-electron chi connectivity index (χ0n) is 8.98. The van der Waals surface area contributed by atoms with Gasteiger partial charge in [-0.3, -0.25) is 0 Å². The quantitative estimate of drug-likeness (QED) is 0.547. The topological polar surface area (TPSA) is 112 Å². The van der Waals surface area contributed by atoms with Crippen LogP contribution in [0.4, 0.5) is 18.9 Å². The van der Waals surface area contributed by atoms with Crippen LogP contribution in [0.2, 0.25) is 0 Å². The standard InChI is InChI=1S/C9H10F3N5O/c10-4-1-5(16-9(15)17-8(13)14)3-6(2-4)18-7(11)12/h1-3,7H,(H6,13,14,15,16,17). The molecule has 98 valence electrons. The molecule has 1 aromatic rings. The molecule has 6 nitrogen and oxygen atoms in total. The number of rotatable bonds is 3. The normalized spacial score (nSPS) is 11.4. The summed E-state index contributed by atoms with van der Waals surface area (Å²) in [5, 5.41) is 0. The lowest BCUT2D eigenvalue weighted by Gasteiger charge is -2.05. The minimum Gasteiger partial charge on any atom is -0.435 e. The summed E-state index contributed by atoms with van der Waals surface area (Å²) in [6.07, 6.45) is 0. The Kier molecular flexibility index (Phi) is 4.35. The van der Waals surface area contributed by atoms with Gasteiger partial charge in [0.25, 0.3) is 0 Å². The van der Waals surface area contributed by atoms with Crippen molar-refractivity contribution in [3.63, 3.8) is 0 Å². The fourth-order valence-electron chi connectivity index (χ4n) is 1.07. The van der Waals surface area contributed by atoms with Crippen molar-refractivity contribution in [3.8, 4) is 5.75 Å². The van der Waals surface area contributed by atoms with Crippen LogP contribution < -0.4 is 21.9 Å². The first-order valence-corrected chi connectivity index (χ1v) is 4.56. The number of ether oxygens (including phenoxy) is 1. The fraction of sp³-hybridized carbons (Fsp3) is 0.111. The Morgan fingerprint density at radius 3 is 2.39 bits per heavy atom. The number of guanidine groups is 2. The smallest absolute Gasteiger partial charge is 0.387 e. The summed E-state index contributed by atoms with van der Waals surface area (Å²) in [6.45, 7) is -3.07. The molecule has 9 heteroatoms. The number of benzene rings is 1. The van der Waals surface area contributed by atoms with Crippen molar-refractivity contribution in [3.05, 3.63) is 24.0 Å². The first-order valence-electron chi connectivity index (χ1n) is 4.56. The highest BCUT2D eigenvalue weighted by Crippen LogP contribution is 2.23. The van der Waals surface area contributed by atoms with Gasteiger partial charge in [-0.05, 0) is 6.07 Å². The van der Waals surface area contributed by atoms with Crippen LogP contribution in [-0.4, -0.2) is 18.5 Å². The lowest BCUT2D eigenvalue weighted by Crippen LogP contribution is -2.26. The predicted molar refractivity (Wildman–Crippen MR) is 60.1 cm³/mol. The summed E-state index contributed by atoms with van der Waals surface area (Å²) in [6, 6.07) is 2.79. The van der Waals surface area contributed by atoms with E-state index >= 15 is 0 Å². The van der Waals surface area contributed by atoms with Gasteiger partial charge in [-0.15, -0.1) is 0 Å². The van der Waals surface area contributed by atoms with E-state index in [-0.39, 0.29) is 23.4 Å². The SMILES string of the molecule is NC(N)=NC(N)=Nc1cc(F)cc(OC(F)F)c1. The van der Waals surface area contributed by atoms with Crippen molar-refractivity contribution in [2.45, 2.75) is 6.61 Å². The molecule has 6 N–H and O–H groups in total. The molecule has 0 bridgehead atoms. The molecule has 0 aromatic heterocycles. The van der Waals surface area contributed by atoms with Crippen molar-refractivity contribution >= 4 is 17.6 Å². The summed E-state index contributed by atoms with van der Waals surface area (Å²) < 4.78 is 41.0. The van der Waals surface area contributed by atoms with E-state index in [0.29, 0.717) is 0 Å². The van der Waals surface area contributed by atoms with E-state index in [2.05, 4.69) is 14.7 Å². The number of halogens is 3. The van der Waals surface area contributed by atoms with Crippen molar-refractivity contribution in [2.75, 3.05) is 0 Å². The second kappa shape index (κ2) is 5.75. The molecule has 1 rings (SSSR count). The Balaban J connectivity index is 3.03. The van der Waals surface area contributed by atoms with Crippen LogP contribution >= 0.6 is 0 Å². The third-order valence-electron chi connectivity index (χ3n) is 1.57. The predicted octanol–water partition coefficient (Wildman–Crippen LogP) is 0.647. The van der Waals surface area contributed by atoms with Crippen LogP contribution in [-0.2, 0) is 0 Å². The second-order valence-electron chi connectivity index (χ2n) is 3.03. The molecule has 0 spiro atoms. The molecule has 0 radical (unpaired) electrons. The fourth-order valence-corrected chi connectivity index (χ4v) is 1.07. The molecule has 0 saturated heterocycles. The Morgan fingerprint density at radius 2 is 1.83 bits per heavy atom. The van der Waals surface area contributed by atoms with Crippen LogP contribution in [0.3, 0.4) is 0 Å². The average molecular weight is 261 g/mol. The van der Waals surface area contributed by atoms with E-state index in [1.54, 1.807) is 0 Å². The minimum absolute atomic E-state index is 0.0619. The van der Waals surface area contributed by atoms with E-state index in [1.165, 1.54) is 0 Å². The van der Waals surface area contributed by atoms with Crippen LogP contribution in [0.1, 0.15) is 0 Å². The maximum absolute atomic E-state index is 13.1. The molecule has 0 fully saturated rings. The van der Waals surface area contributed by atoms with Crippen LogP contribution in [0.25, 0.3) is 0 Å². The Hall–Kier alpha value is -2.45. The number of nitrogens with zero attached hydrogens (tertiary/aromatic N) is 2.